The lowest BCUT2D eigenvalue weighted by atomic mass is 9.79. The van der Waals surface area contributed by atoms with Crippen molar-refractivity contribution >= 4 is 51.9 Å². The molecule has 0 unspecified atom stereocenters. The van der Waals surface area contributed by atoms with Crippen LogP contribution in [-0.4, -0.2) is 22.2 Å². The van der Waals surface area contributed by atoms with Gasteiger partial charge in [0.15, 0.2) is 6.10 Å². The van der Waals surface area contributed by atoms with Crippen LogP contribution in [-0.2, 0) is 27.0 Å². The van der Waals surface area contributed by atoms with Crippen molar-refractivity contribution in [1.29, 1.82) is 0 Å². The molecule has 2 aromatic carbocycles. The summed E-state index contributed by atoms with van der Waals surface area (Å²) in [6.07, 6.45) is 1.21. The van der Waals surface area contributed by atoms with Gasteiger partial charge in [0, 0.05) is 0 Å². The fraction of sp³-hybridized carbons (Fsp3) is 0.393. The number of rotatable bonds is 3. The zero-order chi connectivity index (χ0) is 25.7. The van der Waals surface area contributed by atoms with Gasteiger partial charge in [-0.3, -0.25) is 9.59 Å². The summed E-state index contributed by atoms with van der Waals surface area (Å²) in [6.45, 7) is 15.5. The number of benzene rings is 2. The van der Waals surface area contributed by atoms with Gasteiger partial charge in [-0.05, 0) is 58.2 Å². The molecule has 0 spiro atoms. The van der Waals surface area contributed by atoms with Crippen molar-refractivity contribution in [2.24, 2.45) is 0 Å². The van der Waals surface area contributed by atoms with E-state index in [0.29, 0.717) is 27.2 Å². The highest BCUT2D eigenvalue weighted by molar-refractivity contribution is 8.26. The van der Waals surface area contributed by atoms with Gasteiger partial charge in [0.05, 0.1) is 17.1 Å². The van der Waals surface area contributed by atoms with Crippen LogP contribution >= 0.6 is 24.0 Å². The molecular weight excluding hydrogens is 476 g/mol. The molecule has 2 aliphatic heterocycles. The molecule has 2 aromatic rings. The molecular formula is C28H32N2O3S2. The van der Waals surface area contributed by atoms with E-state index in [2.05, 4.69) is 65.1 Å². The van der Waals surface area contributed by atoms with Gasteiger partial charge in [-0.15, -0.1) is 0 Å². The first-order chi connectivity index (χ1) is 16.2. The van der Waals surface area contributed by atoms with Crippen molar-refractivity contribution in [2.45, 2.75) is 71.9 Å². The molecule has 2 amide bonds. The van der Waals surface area contributed by atoms with Crippen molar-refractivity contribution in [2.75, 3.05) is 4.90 Å². The number of nitrogens with one attached hydrogen (secondary N) is 1. The maximum atomic E-state index is 13.3. The minimum Gasteiger partial charge on any atom is -0.479 e. The molecule has 1 saturated heterocycles. The number of hydrogen-bond acceptors (Lipinski definition) is 5. The fourth-order valence-corrected chi connectivity index (χ4v) is 5.13. The Morgan fingerprint density at radius 1 is 1.03 bits per heavy atom. The Morgan fingerprint density at radius 2 is 1.66 bits per heavy atom. The van der Waals surface area contributed by atoms with Gasteiger partial charge < -0.3 is 15.0 Å². The smallest absolute Gasteiger partial charge is 0.268 e. The molecule has 2 heterocycles. The van der Waals surface area contributed by atoms with Crippen LogP contribution in [0.25, 0.3) is 6.08 Å². The first-order valence-corrected chi connectivity index (χ1v) is 13.0. The summed E-state index contributed by atoms with van der Waals surface area (Å²) in [5, 5.41) is 2.64. The Balaban J connectivity index is 1.76. The predicted octanol–water partition coefficient (Wildman–Crippen LogP) is 6.08. The minimum atomic E-state index is -0.576. The maximum absolute atomic E-state index is 13.3. The molecule has 7 heteroatoms. The average molecular weight is 509 g/mol. The van der Waals surface area contributed by atoms with Crippen LogP contribution in [0.2, 0.25) is 0 Å². The second-order valence-electron chi connectivity index (χ2n) is 11.2. The summed E-state index contributed by atoms with van der Waals surface area (Å²) in [7, 11) is 0. The largest absolute Gasteiger partial charge is 0.479 e. The lowest BCUT2D eigenvalue weighted by Gasteiger charge is -2.34. The zero-order valence-electron chi connectivity index (χ0n) is 21.3. The Morgan fingerprint density at radius 3 is 2.20 bits per heavy atom. The van der Waals surface area contributed by atoms with E-state index in [1.165, 1.54) is 22.9 Å². The van der Waals surface area contributed by atoms with Crippen molar-refractivity contribution in [3.63, 3.8) is 0 Å². The molecule has 1 N–H and O–H groups in total. The Kier molecular flexibility index (Phi) is 6.62. The number of carbonyl (C=O) groups is 2. The summed E-state index contributed by atoms with van der Waals surface area (Å²) >= 11 is 6.34. The maximum Gasteiger partial charge on any atom is 0.268 e. The molecule has 2 aliphatic rings. The average Bonchev–Trinajstić information content (AvgIpc) is 3.07. The van der Waals surface area contributed by atoms with E-state index in [1.54, 1.807) is 17.9 Å². The number of ether oxygens (including phenoxy) is 1. The predicted molar refractivity (Wildman–Crippen MR) is 148 cm³/mol. The van der Waals surface area contributed by atoms with E-state index in [9.17, 15) is 9.59 Å². The number of amides is 2. The van der Waals surface area contributed by atoms with Crippen molar-refractivity contribution < 1.29 is 14.3 Å². The molecule has 35 heavy (non-hydrogen) atoms. The zero-order valence-corrected chi connectivity index (χ0v) is 22.9. The Bertz CT molecular complexity index is 1220. The fourth-order valence-electron chi connectivity index (χ4n) is 4.08. The van der Waals surface area contributed by atoms with Crippen LogP contribution in [0, 0.1) is 0 Å². The van der Waals surface area contributed by atoms with E-state index in [-0.39, 0.29) is 22.6 Å². The van der Waals surface area contributed by atoms with Crippen LogP contribution in [0.1, 0.15) is 70.7 Å². The summed E-state index contributed by atoms with van der Waals surface area (Å²) in [5.41, 5.74) is 5.04. The second-order valence-corrected chi connectivity index (χ2v) is 12.9. The summed E-state index contributed by atoms with van der Waals surface area (Å²) in [6, 6.07) is 12.3. The standard InChI is InChI=1S/C28H32N2O3S2/c1-16-25(32)30(15-18-10-19(27(2,3)4)14-20(11-18)28(5,6)7)21-12-17(8-9-22(21)33-16)13-23-24(31)29-26(34)35-23/h8-14,16H,15H2,1-7H3,(H,29,31,34)/b23-13+/t16-/m0/s1. The number of fused-ring (bicyclic) bond motifs is 1. The Hall–Kier alpha value is -2.64. The minimum absolute atomic E-state index is 0.0182. The van der Waals surface area contributed by atoms with Gasteiger partial charge in [-0.1, -0.05) is 89.8 Å². The van der Waals surface area contributed by atoms with E-state index in [0.717, 1.165) is 11.1 Å². The lowest BCUT2D eigenvalue weighted by Crippen LogP contribution is -2.44. The van der Waals surface area contributed by atoms with Gasteiger partial charge in [-0.2, -0.15) is 0 Å². The number of hydrogen-bond donors (Lipinski definition) is 1. The van der Waals surface area contributed by atoms with Gasteiger partial charge in [0.2, 0.25) is 0 Å². The van der Waals surface area contributed by atoms with Crippen LogP contribution < -0.4 is 15.0 Å². The number of anilines is 1. The highest BCUT2D eigenvalue weighted by atomic mass is 32.2. The quantitative estimate of drug-likeness (QED) is 0.402. The first-order valence-electron chi connectivity index (χ1n) is 11.7. The van der Waals surface area contributed by atoms with Crippen LogP contribution in [0.3, 0.4) is 0 Å². The van der Waals surface area contributed by atoms with E-state index < -0.39 is 6.10 Å². The molecule has 0 aromatic heterocycles. The van der Waals surface area contributed by atoms with Crippen molar-refractivity contribution in [3.05, 3.63) is 63.6 Å². The third-order valence-corrected chi connectivity index (χ3v) is 7.36. The number of thioether (sulfide) groups is 1. The van der Waals surface area contributed by atoms with Crippen molar-refractivity contribution in [1.82, 2.24) is 5.32 Å². The van der Waals surface area contributed by atoms with E-state index >= 15 is 0 Å². The SMILES string of the molecule is C[C@@H]1Oc2ccc(/C=C3/SC(=S)NC3=O)cc2N(Cc2cc(C(C)(C)C)cc(C(C)(C)C)c2)C1=O. The van der Waals surface area contributed by atoms with Gasteiger partial charge in [-0.25, -0.2) is 0 Å². The number of carbonyl (C=O) groups excluding carboxylic acids is 2. The van der Waals surface area contributed by atoms with Crippen LogP contribution in [0.4, 0.5) is 5.69 Å². The molecule has 0 saturated carbocycles. The molecule has 0 radical (unpaired) electrons. The first kappa shape index (κ1) is 25.5. The molecule has 0 aliphatic carbocycles. The molecule has 1 fully saturated rings. The lowest BCUT2D eigenvalue weighted by molar-refractivity contribution is -0.125. The van der Waals surface area contributed by atoms with Gasteiger partial charge in [0.25, 0.3) is 11.8 Å². The van der Waals surface area contributed by atoms with Gasteiger partial charge >= 0.3 is 0 Å². The summed E-state index contributed by atoms with van der Waals surface area (Å²) < 4.78 is 6.36. The van der Waals surface area contributed by atoms with Gasteiger partial charge in [0.1, 0.15) is 10.1 Å². The topological polar surface area (TPSA) is 58.6 Å². The number of thiocarbonyl (C=S) groups is 1. The normalized spacial score (nSPS) is 19.6. The molecule has 0 bridgehead atoms. The summed E-state index contributed by atoms with van der Waals surface area (Å²) in [5.74, 6) is 0.362. The molecule has 4 rings (SSSR count). The monoisotopic (exact) mass is 508 g/mol. The van der Waals surface area contributed by atoms with E-state index in [4.69, 9.17) is 17.0 Å². The molecule has 5 nitrogen and oxygen atoms in total. The van der Waals surface area contributed by atoms with Crippen molar-refractivity contribution in [3.8, 4) is 5.75 Å². The molecule has 1 atom stereocenters. The second kappa shape index (κ2) is 9.10. The highest BCUT2D eigenvalue weighted by Crippen LogP contribution is 2.38. The van der Waals surface area contributed by atoms with Crippen LogP contribution in [0.15, 0.2) is 41.3 Å². The summed E-state index contributed by atoms with van der Waals surface area (Å²) in [4.78, 5) is 27.8. The third kappa shape index (κ3) is 5.46. The van der Waals surface area contributed by atoms with E-state index in [1.807, 2.05) is 18.2 Å². The highest BCUT2D eigenvalue weighted by Gasteiger charge is 2.32. The molecule has 184 valence electrons. The van der Waals surface area contributed by atoms with Crippen LogP contribution in [0.5, 0.6) is 5.75 Å². The third-order valence-electron chi connectivity index (χ3n) is 6.20. The number of nitrogens with zero attached hydrogens (tertiary/aromatic N) is 1. The Labute approximate surface area is 217 Å².